The average molecular weight is 252 g/mol. The minimum Gasteiger partial charge on any atom is -0.0613 e. The summed E-state index contributed by atoms with van der Waals surface area (Å²) in [5.41, 5.74) is 8.50. The lowest BCUT2D eigenvalue weighted by molar-refractivity contribution is 1.05. The van der Waals surface area contributed by atoms with Gasteiger partial charge in [-0.25, -0.2) is 0 Å². The molecular formula is C19H24. The molecule has 0 saturated heterocycles. The highest BCUT2D eigenvalue weighted by Crippen LogP contribution is 2.17. The van der Waals surface area contributed by atoms with Gasteiger partial charge in [0.2, 0.25) is 0 Å². The monoisotopic (exact) mass is 252 g/mol. The van der Waals surface area contributed by atoms with Gasteiger partial charge in [-0.15, -0.1) is 0 Å². The van der Waals surface area contributed by atoms with Gasteiger partial charge in [0.05, 0.1) is 0 Å². The Morgan fingerprint density at radius 2 is 1.00 bits per heavy atom. The summed E-state index contributed by atoms with van der Waals surface area (Å²) in [6.45, 7) is 8.82. The van der Waals surface area contributed by atoms with Gasteiger partial charge in [-0.2, -0.15) is 0 Å². The van der Waals surface area contributed by atoms with Gasteiger partial charge in [-0.3, -0.25) is 0 Å². The van der Waals surface area contributed by atoms with Crippen LogP contribution in [0.2, 0.25) is 0 Å². The molecule has 0 saturated carbocycles. The molecule has 0 nitrogen and oxygen atoms in total. The van der Waals surface area contributed by atoms with Crippen LogP contribution in [0.4, 0.5) is 0 Å². The average Bonchev–Trinajstić information content (AvgIpc) is 2.37. The molecule has 0 radical (unpaired) electrons. The second-order valence-electron chi connectivity index (χ2n) is 5.54. The maximum absolute atomic E-state index is 2.36. The number of benzene rings is 2. The lowest BCUT2D eigenvalue weighted by Crippen LogP contribution is -1.95. The van der Waals surface area contributed by atoms with E-state index in [1.165, 1.54) is 33.4 Å². The van der Waals surface area contributed by atoms with Crippen LogP contribution in [0.5, 0.6) is 0 Å². The summed E-state index contributed by atoms with van der Waals surface area (Å²) in [7, 11) is 0. The topological polar surface area (TPSA) is 0 Å². The molecule has 100 valence electrons. The number of hydrogen-bond donors (Lipinski definition) is 0. The Morgan fingerprint density at radius 1 is 0.579 bits per heavy atom. The molecule has 0 heterocycles. The van der Waals surface area contributed by atoms with Gasteiger partial charge in [-0.05, 0) is 55.4 Å². The first-order valence-electron chi connectivity index (χ1n) is 7.29. The Balaban J connectivity index is 2.31. The highest BCUT2D eigenvalue weighted by atomic mass is 14.1. The Labute approximate surface area is 117 Å². The van der Waals surface area contributed by atoms with E-state index in [1.807, 2.05) is 0 Å². The third-order valence-electron chi connectivity index (χ3n) is 3.62. The second kappa shape index (κ2) is 6.06. The van der Waals surface area contributed by atoms with Crippen molar-refractivity contribution in [2.24, 2.45) is 0 Å². The van der Waals surface area contributed by atoms with Crippen LogP contribution in [0.15, 0.2) is 36.4 Å². The Morgan fingerprint density at radius 3 is 1.47 bits per heavy atom. The lowest BCUT2D eigenvalue weighted by Gasteiger charge is -2.09. The summed E-state index contributed by atoms with van der Waals surface area (Å²) in [5, 5.41) is 0. The van der Waals surface area contributed by atoms with E-state index in [0.29, 0.717) is 0 Å². The summed E-state index contributed by atoms with van der Waals surface area (Å²) in [4.78, 5) is 0. The molecule has 0 fully saturated rings. The van der Waals surface area contributed by atoms with Crippen molar-refractivity contribution in [3.63, 3.8) is 0 Å². The highest BCUT2D eigenvalue weighted by molar-refractivity contribution is 5.36. The Kier molecular flexibility index (Phi) is 4.42. The standard InChI is InChI=1S/C19H24/c1-5-16-10-17(6-2)12-19(11-16)13-18-8-14(3)7-15(4)9-18/h7-12H,5-6,13H2,1-4H3. The first-order chi connectivity index (χ1) is 9.10. The van der Waals surface area contributed by atoms with Gasteiger partial charge < -0.3 is 0 Å². The van der Waals surface area contributed by atoms with E-state index in [-0.39, 0.29) is 0 Å². The van der Waals surface area contributed by atoms with E-state index >= 15 is 0 Å². The van der Waals surface area contributed by atoms with Crippen molar-refractivity contribution < 1.29 is 0 Å². The molecule has 2 aromatic carbocycles. The van der Waals surface area contributed by atoms with E-state index in [4.69, 9.17) is 0 Å². The summed E-state index contributed by atoms with van der Waals surface area (Å²) in [6, 6.07) is 13.9. The fourth-order valence-corrected chi connectivity index (χ4v) is 2.76. The van der Waals surface area contributed by atoms with Gasteiger partial charge in [-0.1, -0.05) is 61.4 Å². The zero-order valence-electron chi connectivity index (χ0n) is 12.6. The first-order valence-corrected chi connectivity index (χ1v) is 7.29. The number of aryl methyl sites for hydroxylation is 4. The Bertz CT molecular complexity index is 522. The molecule has 0 amide bonds. The van der Waals surface area contributed by atoms with E-state index < -0.39 is 0 Å². The minimum atomic E-state index is 1.04. The molecule has 0 unspecified atom stereocenters. The molecule has 0 aromatic heterocycles. The molecule has 0 aliphatic carbocycles. The maximum Gasteiger partial charge on any atom is -0.00254 e. The van der Waals surface area contributed by atoms with Gasteiger partial charge in [0.25, 0.3) is 0 Å². The highest BCUT2D eigenvalue weighted by Gasteiger charge is 2.02. The number of hydrogen-bond acceptors (Lipinski definition) is 0. The minimum absolute atomic E-state index is 1.04. The maximum atomic E-state index is 2.36. The van der Waals surface area contributed by atoms with Gasteiger partial charge in [0.1, 0.15) is 0 Å². The number of rotatable bonds is 4. The largest absolute Gasteiger partial charge is 0.0613 e. The van der Waals surface area contributed by atoms with Crippen molar-refractivity contribution in [2.75, 3.05) is 0 Å². The van der Waals surface area contributed by atoms with Crippen LogP contribution < -0.4 is 0 Å². The van der Waals surface area contributed by atoms with Crippen LogP contribution in [0.25, 0.3) is 0 Å². The van der Waals surface area contributed by atoms with Crippen molar-refractivity contribution >= 4 is 0 Å². The van der Waals surface area contributed by atoms with Crippen LogP contribution in [-0.4, -0.2) is 0 Å². The van der Waals surface area contributed by atoms with Crippen molar-refractivity contribution in [1.29, 1.82) is 0 Å². The molecule has 0 spiro atoms. The predicted molar refractivity (Wildman–Crippen MR) is 83.9 cm³/mol. The summed E-state index contributed by atoms with van der Waals surface area (Å²) >= 11 is 0. The molecule has 0 aliphatic rings. The quantitative estimate of drug-likeness (QED) is 0.717. The van der Waals surface area contributed by atoms with Crippen molar-refractivity contribution in [1.82, 2.24) is 0 Å². The molecule has 0 heteroatoms. The summed E-state index contributed by atoms with van der Waals surface area (Å²) in [5.74, 6) is 0. The van der Waals surface area contributed by atoms with Crippen molar-refractivity contribution in [3.8, 4) is 0 Å². The van der Waals surface area contributed by atoms with E-state index in [9.17, 15) is 0 Å². The van der Waals surface area contributed by atoms with E-state index in [2.05, 4.69) is 64.1 Å². The zero-order chi connectivity index (χ0) is 13.8. The molecule has 0 bridgehead atoms. The van der Waals surface area contributed by atoms with Crippen LogP contribution >= 0.6 is 0 Å². The van der Waals surface area contributed by atoms with Crippen LogP contribution in [-0.2, 0) is 19.3 Å². The SMILES string of the molecule is CCc1cc(CC)cc(Cc2cc(C)cc(C)c2)c1. The van der Waals surface area contributed by atoms with Gasteiger partial charge in [0.15, 0.2) is 0 Å². The molecular weight excluding hydrogens is 228 g/mol. The fraction of sp³-hybridized carbons (Fsp3) is 0.368. The van der Waals surface area contributed by atoms with Crippen molar-refractivity contribution in [2.45, 2.75) is 47.0 Å². The van der Waals surface area contributed by atoms with Crippen molar-refractivity contribution in [3.05, 3.63) is 69.8 Å². The summed E-state index contributed by atoms with van der Waals surface area (Å²) < 4.78 is 0. The molecule has 2 rings (SSSR count). The predicted octanol–water partition coefficient (Wildman–Crippen LogP) is 5.02. The third kappa shape index (κ3) is 3.70. The molecule has 19 heavy (non-hydrogen) atoms. The van der Waals surface area contributed by atoms with Gasteiger partial charge in [0, 0.05) is 0 Å². The Hall–Kier alpha value is -1.56. The fourth-order valence-electron chi connectivity index (χ4n) is 2.76. The third-order valence-corrected chi connectivity index (χ3v) is 3.62. The zero-order valence-corrected chi connectivity index (χ0v) is 12.6. The first kappa shape index (κ1) is 13.9. The van der Waals surface area contributed by atoms with Gasteiger partial charge >= 0.3 is 0 Å². The van der Waals surface area contributed by atoms with Crippen LogP contribution in [0, 0.1) is 13.8 Å². The summed E-state index contributed by atoms with van der Waals surface area (Å²) in [6.07, 6.45) is 3.28. The molecule has 2 aromatic rings. The van der Waals surface area contributed by atoms with Crippen LogP contribution in [0.3, 0.4) is 0 Å². The van der Waals surface area contributed by atoms with E-state index in [0.717, 1.165) is 19.3 Å². The molecule has 0 aliphatic heterocycles. The van der Waals surface area contributed by atoms with Crippen LogP contribution in [0.1, 0.15) is 47.2 Å². The normalized spacial score (nSPS) is 10.7. The van der Waals surface area contributed by atoms with E-state index in [1.54, 1.807) is 0 Å². The molecule has 0 N–H and O–H groups in total. The smallest absolute Gasteiger partial charge is 0.00254 e. The lowest BCUT2D eigenvalue weighted by atomic mass is 9.96. The molecule has 0 atom stereocenters. The second-order valence-corrected chi connectivity index (χ2v) is 5.54.